The summed E-state index contributed by atoms with van der Waals surface area (Å²) < 4.78 is 13.4. The molecular weight excluding hydrogens is 428 g/mol. The average Bonchev–Trinajstić information content (AvgIpc) is 3.10. The molecule has 5 aromatic rings. The molecule has 2 aromatic heterocycles. The Labute approximate surface area is 176 Å². The number of fused-ring (bicyclic) bond motifs is 3. The molecule has 4 nitrogen and oxygen atoms in total. The third-order valence-corrected chi connectivity index (χ3v) is 5.30. The maximum absolute atomic E-state index is 6.33. The van der Waals surface area contributed by atoms with Gasteiger partial charge in [-0.25, -0.2) is 4.98 Å². The third-order valence-electron chi connectivity index (χ3n) is 4.84. The molecule has 5 heteroatoms. The van der Waals surface area contributed by atoms with Crippen molar-refractivity contribution in [3.63, 3.8) is 0 Å². The molecular formula is C24H17BrN2O2. The number of hydrogen-bond acceptors (Lipinski definition) is 4. The Balaban J connectivity index is 1.77. The molecule has 0 aliphatic carbocycles. The van der Waals surface area contributed by atoms with Crippen molar-refractivity contribution in [2.45, 2.75) is 13.8 Å². The molecule has 0 amide bonds. The number of nitrogens with zero attached hydrogens (tertiary/aromatic N) is 2. The Morgan fingerprint density at radius 1 is 0.862 bits per heavy atom. The van der Waals surface area contributed by atoms with Gasteiger partial charge in [0.1, 0.15) is 16.8 Å². The second kappa shape index (κ2) is 7.01. The fourth-order valence-corrected chi connectivity index (χ4v) is 4.19. The van der Waals surface area contributed by atoms with E-state index in [1.54, 1.807) is 0 Å². The molecule has 3 aromatic carbocycles. The molecule has 0 saturated carbocycles. The van der Waals surface area contributed by atoms with E-state index >= 15 is 0 Å². The van der Waals surface area contributed by atoms with Crippen LogP contribution in [0.4, 0.5) is 0 Å². The van der Waals surface area contributed by atoms with Crippen LogP contribution >= 0.6 is 15.9 Å². The van der Waals surface area contributed by atoms with Crippen LogP contribution in [0.1, 0.15) is 11.1 Å². The van der Waals surface area contributed by atoms with Gasteiger partial charge >= 0.3 is 0 Å². The zero-order valence-electron chi connectivity index (χ0n) is 15.9. The molecule has 29 heavy (non-hydrogen) atoms. The lowest BCUT2D eigenvalue weighted by Gasteiger charge is -2.12. The predicted octanol–water partition coefficient (Wildman–Crippen LogP) is 7.21. The third kappa shape index (κ3) is 3.17. The van der Waals surface area contributed by atoms with E-state index in [1.807, 2.05) is 80.6 Å². The molecule has 2 heterocycles. The van der Waals surface area contributed by atoms with Gasteiger partial charge in [0.15, 0.2) is 5.82 Å². The van der Waals surface area contributed by atoms with E-state index in [0.717, 1.165) is 43.4 Å². The van der Waals surface area contributed by atoms with Crippen LogP contribution in [-0.4, -0.2) is 9.97 Å². The van der Waals surface area contributed by atoms with E-state index in [9.17, 15) is 0 Å². The number of aryl methyl sites for hydroxylation is 2. The molecule has 0 spiro atoms. The average molecular weight is 445 g/mol. The van der Waals surface area contributed by atoms with E-state index in [-0.39, 0.29) is 0 Å². The maximum Gasteiger partial charge on any atom is 0.267 e. The minimum absolute atomic E-state index is 0.415. The lowest BCUT2D eigenvalue weighted by molar-refractivity contribution is 0.450. The summed E-state index contributed by atoms with van der Waals surface area (Å²) in [5, 5.41) is 0.941. The summed E-state index contributed by atoms with van der Waals surface area (Å²) in [5.41, 5.74) is 5.01. The maximum atomic E-state index is 6.33. The molecule has 0 bridgehead atoms. The van der Waals surface area contributed by atoms with Gasteiger partial charge in [-0.1, -0.05) is 58.4 Å². The Bertz CT molecular complexity index is 1340. The van der Waals surface area contributed by atoms with Crippen LogP contribution in [0.3, 0.4) is 0 Å². The van der Waals surface area contributed by atoms with Crippen molar-refractivity contribution in [2.24, 2.45) is 0 Å². The van der Waals surface area contributed by atoms with Crippen LogP contribution < -0.4 is 4.74 Å². The molecule has 0 aliphatic heterocycles. The molecule has 0 unspecified atom stereocenters. The van der Waals surface area contributed by atoms with Crippen LogP contribution in [-0.2, 0) is 0 Å². The first-order chi connectivity index (χ1) is 14.1. The normalized spacial score (nSPS) is 11.3. The SMILES string of the molecule is Cc1cc(Br)cc(C)c1Oc1nc(-c2ccccc2)nc2c1oc1ccccc12. The number of aromatic nitrogens is 2. The van der Waals surface area contributed by atoms with Crippen molar-refractivity contribution < 1.29 is 9.15 Å². The minimum Gasteiger partial charge on any atom is -0.449 e. The summed E-state index contributed by atoms with van der Waals surface area (Å²) >= 11 is 3.54. The Morgan fingerprint density at radius 2 is 1.55 bits per heavy atom. The highest BCUT2D eigenvalue weighted by Gasteiger charge is 2.19. The molecule has 0 atom stereocenters. The zero-order chi connectivity index (χ0) is 20.0. The summed E-state index contributed by atoms with van der Waals surface area (Å²) in [6, 6.07) is 21.8. The van der Waals surface area contributed by atoms with Crippen molar-refractivity contribution in [3.05, 3.63) is 82.3 Å². The first kappa shape index (κ1) is 17.9. The van der Waals surface area contributed by atoms with Gasteiger partial charge in [0, 0.05) is 15.4 Å². The van der Waals surface area contributed by atoms with Crippen LogP contribution in [0.25, 0.3) is 33.5 Å². The molecule has 142 valence electrons. The summed E-state index contributed by atoms with van der Waals surface area (Å²) in [6.07, 6.45) is 0. The Kier molecular flexibility index (Phi) is 4.32. The minimum atomic E-state index is 0.415. The first-order valence-electron chi connectivity index (χ1n) is 9.29. The summed E-state index contributed by atoms with van der Waals surface area (Å²) in [6.45, 7) is 4.03. The highest BCUT2D eigenvalue weighted by molar-refractivity contribution is 9.10. The van der Waals surface area contributed by atoms with Gasteiger partial charge in [0.05, 0.1) is 0 Å². The summed E-state index contributed by atoms with van der Waals surface area (Å²) in [5.74, 6) is 1.79. The van der Waals surface area contributed by atoms with Gasteiger partial charge in [-0.15, -0.1) is 0 Å². The summed E-state index contributed by atoms with van der Waals surface area (Å²) in [7, 11) is 0. The highest BCUT2D eigenvalue weighted by atomic mass is 79.9. The Morgan fingerprint density at radius 3 is 2.31 bits per heavy atom. The highest BCUT2D eigenvalue weighted by Crippen LogP contribution is 2.38. The number of para-hydroxylation sites is 1. The first-order valence-corrected chi connectivity index (χ1v) is 10.1. The van der Waals surface area contributed by atoms with Gasteiger partial charge in [-0.05, 0) is 49.2 Å². The predicted molar refractivity (Wildman–Crippen MR) is 118 cm³/mol. The largest absolute Gasteiger partial charge is 0.449 e. The van der Waals surface area contributed by atoms with E-state index < -0.39 is 0 Å². The monoisotopic (exact) mass is 444 g/mol. The lowest BCUT2D eigenvalue weighted by Crippen LogP contribution is -1.97. The van der Waals surface area contributed by atoms with Crippen molar-refractivity contribution in [1.82, 2.24) is 9.97 Å². The number of rotatable bonds is 3. The van der Waals surface area contributed by atoms with E-state index in [0.29, 0.717) is 17.3 Å². The molecule has 5 rings (SSSR count). The number of hydrogen-bond donors (Lipinski definition) is 0. The van der Waals surface area contributed by atoms with Crippen LogP contribution in [0.15, 0.2) is 75.6 Å². The molecule has 0 fully saturated rings. The van der Waals surface area contributed by atoms with Gasteiger partial charge in [-0.3, -0.25) is 0 Å². The number of benzene rings is 3. The summed E-state index contributed by atoms with van der Waals surface area (Å²) in [4.78, 5) is 9.53. The van der Waals surface area contributed by atoms with Gasteiger partial charge in [0.25, 0.3) is 5.88 Å². The van der Waals surface area contributed by atoms with Crippen molar-refractivity contribution in [3.8, 4) is 23.0 Å². The van der Waals surface area contributed by atoms with Gasteiger partial charge in [-0.2, -0.15) is 4.98 Å². The van der Waals surface area contributed by atoms with E-state index in [1.165, 1.54) is 0 Å². The van der Waals surface area contributed by atoms with Crippen LogP contribution in [0.5, 0.6) is 11.6 Å². The zero-order valence-corrected chi connectivity index (χ0v) is 17.5. The standard InChI is InChI=1S/C24H17BrN2O2/c1-14-12-17(25)13-15(2)21(14)29-24-22-20(18-10-6-7-11-19(18)28-22)26-23(27-24)16-8-4-3-5-9-16/h3-13H,1-2H3. The van der Waals surface area contributed by atoms with Gasteiger partial charge in [0.2, 0.25) is 5.58 Å². The molecule has 0 saturated heterocycles. The van der Waals surface area contributed by atoms with Gasteiger partial charge < -0.3 is 9.15 Å². The fraction of sp³-hybridized carbons (Fsp3) is 0.0833. The second-order valence-electron chi connectivity index (χ2n) is 6.97. The topological polar surface area (TPSA) is 48.2 Å². The second-order valence-corrected chi connectivity index (χ2v) is 7.88. The van der Waals surface area contributed by atoms with E-state index in [4.69, 9.17) is 19.1 Å². The molecule has 0 aliphatic rings. The van der Waals surface area contributed by atoms with Crippen molar-refractivity contribution >= 4 is 38.0 Å². The smallest absolute Gasteiger partial charge is 0.267 e. The van der Waals surface area contributed by atoms with Crippen LogP contribution in [0.2, 0.25) is 0 Å². The Hall–Kier alpha value is -3.18. The van der Waals surface area contributed by atoms with Crippen LogP contribution in [0, 0.1) is 13.8 Å². The molecule has 0 radical (unpaired) electrons. The van der Waals surface area contributed by atoms with Crippen molar-refractivity contribution in [2.75, 3.05) is 0 Å². The fourth-order valence-electron chi connectivity index (χ4n) is 3.51. The quantitative estimate of drug-likeness (QED) is 0.294. The molecule has 0 N–H and O–H groups in total. The number of halogens is 1. The number of furan rings is 1. The van der Waals surface area contributed by atoms with Crippen molar-refractivity contribution in [1.29, 1.82) is 0 Å². The number of ether oxygens (including phenoxy) is 1. The van der Waals surface area contributed by atoms with E-state index in [2.05, 4.69) is 15.9 Å². The lowest BCUT2D eigenvalue weighted by atomic mass is 10.1.